The Morgan fingerprint density at radius 3 is 2.70 bits per heavy atom. The quantitative estimate of drug-likeness (QED) is 0.698. The van der Waals surface area contributed by atoms with Crippen LogP contribution in [0.4, 0.5) is 0 Å². The van der Waals surface area contributed by atoms with Gasteiger partial charge < -0.3 is 15.7 Å². The molecule has 7 nitrogen and oxygen atoms in total. The summed E-state index contributed by atoms with van der Waals surface area (Å²) in [5, 5.41) is 14.7. The molecule has 0 bridgehead atoms. The second kappa shape index (κ2) is 6.99. The maximum absolute atomic E-state index is 12.0. The van der Waals surface area contributed by atoms with Crippen molar-refractivity contribution in [2.75, 3.05) is 18.1 Å². The zero-order chi connectivity index (χ0) is 17.0. The molecule has 0 saturated carbocycles. The zero-order valence-corrected chi connectivity index (χ0v) is 13.6. The van der Waals surface area contributed by atoms with Crippen LogP contribution in [0, 0.1) is 0 Å². The Kier molecular flexibility index (Phi) is 5.25. The normalized spacial score (nSPS) is 19.3. The van der Waals surface area contributed by atoms with Crippen molar-refractivity contribution in [3.63, 3.8) is 0 Å². The summed E-state index contributed by atoms with van der Waals surface area (Å²) in [7, 11) is -3.06. The number of nitrogens with one attached hydrogen (secondary N) is 2. The van der Waals surface area contributed by atoms with Crippen LogP contribution in [-0.4, -0.2) is 49.4 Å². The van der Waals surface area contributed by atoms with Crippen molar-refractivity contribution in [2.45, 2.75) is 25.8 Å². The van der Waals surface area contributed by atoms with Crippen molar-refractivity contribution < 1.29 is 23.1 Å². The summed E-state index contributed by atoms with van der Waals surface area (Å²) < 4.78 is 22.6. The molecule has 23 heavy (non-hydrogen) atoms. The number of aromatic hydroxyl groups is 1. The van der Waals surface area contributed by atoms with Crippen LogP contribution in [0.3, 0.4) is 0 Å². The van der Waals surface area contributed by atoms with E-state index in [-0.39, 0.29) is 29.4 Å². The molecule has 1 aliphatic rings. The maximum atomic E-state index is 12.0. The van der Waals surface area contributed by atoms with E-state index in [9.17, 15) is 23.1 Å². The summed E-state index contributed by atoms with van der Waals surface area (Å²) in [5.74, 6) is -1.14. The monoisotopic (exact) mass is 340 g/mol. The van der Waals surface area contributed by atoms with Crippen LogP contribution in [0.5, 0.6) is 5.75 Å². The third-order valence-corrected chi connectivity index (χ3v) is 5.49. The number of rotatable bonds is 5. The summed E-state index contributed by atoms with van der Waals surface area (Å²) in [6.07, 6.45) is 1.11. The van der Waals surface area contributed by atoms with Crippen molar-refractivity contribution in [1.29, 1.82) is 0 Å². The molecule has 1 unspecified atom stereocenters. The van der Waals surface area contributed by atoms with Gasteiger partial charge in [0.25, 0.3) is 5.91 Å². The highest BCUT2D eigenvalue weighted by atomic mass is 32.2. The lowest BCUT2D eigenvalue weighted by atomic mass is 10.1. The minimum atomic E-state index is -3.06. The Hall–Kier alpha value is -2.09. The summed E-state index contributed by atoms with van der Waals surface area (Å²) in [5.41, 5.74) is 1.01. The molecular formula is C15H20N2O5S. The number of carbonyl (C=O) groups excluding carboxylic acids is 2. The molecule has 2 amide bonds. The first-order valence-corrected chi connectivity index (χ1v) is 9.22. The first kappa shape index (κ1) is 17.3. The number of aryl methyl sites for hydroxylation is 1. The maximum Gasteiger partial charge on any atom is 0.255 e. The van der Waals surface area contributed by atoms with Crippen LogP contribution in [0.15, 0.2) is 18.2 Å². The molecular weight excluding hydrogens is 320 g/mol. The third kappa shape index (κ3) is 4.69. The minimum Gasteiger partial charge on any atom is -0.507 e. The van der Waals surface area contributed by atoms with E-state index in [0.717, 1.165) is 12.0 Å². The van der Waals surface area contributed by atoms with E-state index in [2.05, 4.69) is 10.6 Å². The summed E-state index contributed by atoms with van der Waals surface area (Å²) in [6.45, 7) is 1.66. The third-order valence-electron chi connectivity index (χ3n) is 3.72. The Bertz CT molecular complexity index is 715. The fraction of sp³-hybridized carbons (Fsp3) is 0.467. The van der Waals surface area contributed by atoms with Gasteiger partial charge in [0, 0.05) is 6.04 Å². The molecule has 8 heteroatoms. The molecule has 1 heterocycles. The molecule has 1 aromatic rings. The van der Waals surface area contributed by atoms with Crippen LogP contribution in [0.25, 0.3) is 0 Å². The topological polar surface area (TPSA) is 113 Å². The number of amides is 2. The second-order valence-electron chi connectivity index (χ2n) is 5.56. The van der Waals surface area contributed by atoms with Gasteiger partial charge in [0.15, 0.2) is 9.84 Å². The Morgan fingerprint density at radius 1 is 1.35 bits per heavy atom. The minimum absolute atomic E-state index is 0.0635. The molecule has 1 saturated heterocycles. The van der Waals surface area contributed by atoms with Crippen molar-refractivity contribution in [1.82, 2.24) is 10.6 Å². The van der Waals surface area contributed by atoms with Crippen molar-refractivity contribution >= 4 is 21.7 Å². The van der Waals surface area contributed by atoms with E-state index in [1.165, 1.54) is 6.07 Å². The van der Waals surface area contributed by atoms with Crippen LogP contribution < -0.4 is 10.6 Å². The highest BCUT2D eigenvalue weighted by molar-refractivity contribution is 7.91. The standard InChI is InChI=1S/C15H20N2O5S/c1-2-10-3-4-13(18)12(7-10)15(20)16-8-14(19)17-11-5-6-23(21,22)9-11/h3-4,7,11,18H,2,5-6,8-9H2,1H3,(H,16,20)(H,17,19). The number of phenols is 1. The fourth-order valence-corrected chi connectivity index (χ4v) is 4.10. The average molecular weight is 340 g/mol. The van der Waals surface area contributed by atoms with E-state index in [0.29, 0.717) is 6.42 Å². The van der Waals surface area contributed by atoms with Crippen LogP contribution >= 0.6 is 0 Å². The van der Waals surface area contributed by atoms with Gasteiger partial charge in [-0.1, -0.05) is 13.0 Å². The molecule has 0 radical (unpaired) electrons. The number of phenolic OH excluding ortho intramolecular Hbond substituents is 1. The number of carbonyl (C=O) groups is 2. The van der Waals surface area contributed by atoms with Gasteiger partial charge in [0.05, 0.1) is 23.6 Å². The first-order valence-electron chi connectivity index (χ1n) is 7.40. The Balaban J connectivity index is 1.88. The molecule has 0 aromatic heterocycles. The molecule has 3 N–H and O–H groups in total. The van der Waals surface area contributed by atoms with Crippen LogP contribution in [-0.2, 0) is 21.1 Å². The molecule has 1 aromatic carbocycles. The van der Waals surface area contributed by atoms with Gasteiger partial charge in [-0.15, -0.1) is 0 Å². The fourth-order valence-electron chi connectivity index (χ4n) is 2.43. The number of sulfone groups is 1. The second-order valence-corrected chi connectivity index (χ2v) is 7.78. The number of hydrogen-bond donors (Lipinski definition) is 3. The lowest BCUT2D eigenvalue weighted by molar-refractivity contribution is -0.120. The average Bonchev–Trinajstić information content (AvgIpc) is 2.84. The van der Waals surface area contributed by atoms with E-state index in [1.807, 2.05) is 6.92 Å². The van der Waals surface area contributed by atoms with Gasteiger partial charge in [0.2, 0.25) is 5.91 Å². The predicted molar refractivity (Wildman–Crippen MR) is 85.0 cm³/mol. The van der Waals surface area contributed by atoms with E-state index < -0.39 is 27.7 Å². The Morgan fingerprint density at radius 2 is 2.09 bits per heavy atom. The smallest absolute Gasteiger partial charge is 0.255 e. The van der Waals surface area contributed by atoms with Crippen molar-refractivity contribution in [2.24, 2.45) is 0 Å². The van der Waals surface area contributed by atoms with Crippen LogP contribution in [0.2, 0.25) is 0 Å². The molecule has 1 fully saturated rings. The zero-order valence-electron chi connectivity index (χ0n) is 12.8. The van der Waals surface area contributed by atoms with Crippen molar-refractivity contribution in [3.05, 3.63) is 29.3 Å². The highest BCUT2D eigenvalue weighted by Crippen LogP contribution is 2.18. The summed E-state index contributed by atoms with van der Waals surface area (Å²) in [4.78, 5) is 23.8. The molecule has 1 atom stereocenters. The van der Waals surface area contributed by atoms with Gasteiger partial charge in [-0.2, -0.15) is 0 Å². The molecule has 0 aliphatic carbocycles. The molecule has 126 valence electrons. The SMILES string of the molecule is CCc1ccc(O)c(C(=O)NCC(=O)NC2CCS(=O)(=O)C2)c1. The number of hydrogen-bond acceptors (Lipinski definition) is 5. The molecule has 0 spiro atoms. The summed E-state index contributed by atoms with van der Waals surface area (Å²) >= 11 is 0. The van der Waals surface area contributed by atoms with Gasteiger partial charge in [-0.05, 0) is 30.5 Å². The first-order chi connectivity index (χ1) is 10.8. The van der Waals surface area contributed by atoms with E-state index in [1.54, 1.807) is 12.1 Å². The predicted octanol–water partition coefficient (Wildman–Crippen LogP) is -0.0123. The Labute approximate surface area is 135 Å². The highest BCUT2D eigenvalue weighted by Gasteiger charge is 2.28. The molecule has 2 rings (SSSR count). The van der Waals surface area contributed by atoms with Crippen molar-refractivity contribution in [3.8, 4) is 5.75 Å². The van der Waals surface area contributed by atoms with Gasteiger partial charge in [-0.3, -0.25) is 9.59 Å². The number of benzene rings is 1. The largest absolute Gasteiger partial charge is 0.507 e. The van der Waals surface area contributed by atoms with Gasteiger partial charge in [-0.25, -0.2) is 8.42 Å². The van der Waals surface area contributed by atoms with Crippen LogP contribution in [0.1, 0.15) is 29.3 Å². The van der Waals surface area contributed by atoms with Gasteiger partial charge in [0.1, 0.15) is 5.75 Å². The van der Waals surface area contributed by atoms with Gasteiger partial charge >= 0.3 is 0 Å². The lowest BCUT2D eigenvalue weighted by Gasteiger charge is -2.12. The summed E-state index contributed by atoms with van der Waals surface area (Å²) in [6, 6.07) is 4.34. The van der Waals surface area contributed by atoms with E-state index >= 15 is 0 Å². The van der Waals surface area contributed by atoms with E-state index in [4.69, 9.17) is 0 Å². The lowest BCUT2D eigenvalue weighted by Crippen LogP contribution is -2.42. The molecule has 1 aliphatic heterocycles.